The van der Waals surface area contributed by atoms with E-state index >= 15 is 0 Å². The van der Waals surface area contributed by atoms with E-state index in [1.165, 1.54) is 10.6 Å². The highest BCUT2D eigenvalue weighted by molar-refractivity contribution is 7.88. The first-order chi connectivity index (χ1) is 8.99. The van der Waals surface area contributed by atoms with Gasteiger partial charge in [-0.15, -0.1) is 0 Å². The van der Waals surface area contributed by atoms with Crippen LogP contribution >= 0.6 is 0 Å². The molecule has 0 unspecified atom stereocenters. The molecule has 0 saturated carbocycles. The van der Waals surface area contributed by atoms with Crippen molar-refractivity contribution < 1.29 is 8.42 Å². The van der Waals surface area contributed by atoms with E-state index in [0.29, 0.717) is 19.6 Å². The minimum atomic E-state index is -3.07. The quantitative estimate of drug-likeness (QED) is 0.569. The average molecular weight is 285 g/mol. The van der Waals surface area contributed by atoms with Crippen molar-refractivity contribution in [3.05, 3.63) is 24.0 Å². The van der Waals surface area contributed by atoms with Crippen molar-refractivity contribution in [2.45, 2.75) is 6.54 Å². The Kier molecular flexibility index (Phi) is 4.35. The lowest BCUT2D eigenvalue weighted by Gasteiger charge is -2.32. The van der Waals surface area contributed by atoms with Crippen molar-refractivity contribution in [1.29, 1.82) is 0 Å². The molecule has 8 heteroatoms. The molecule has 0 spiro atoms. The Morgan fingerprint density at radius 3 is 2.63 bits per heavy atom. The summed E-state index contributed by atoms with van der Waals surface area (Å²) in [6.45, 7) is 3.21. The van der Waals surface area contributed by atoms with Crippen LogP contribution in [0.4, 0.5) is 5.69 Å². The van der Waals surface area contributed by atoms with E-state index in [2.05, 4.69) is 15.3 Å². The first-order valence-electron chi connectivity index (χ1n) is 6.08. The summed E-state index contributed by atoms with van der Waals surface area (Å²) in [6, 6.07) is 3.69. The molecule has 0 radical (unpaired) electrons. The first-order valence-corrected chi connectivity index (χ1v) is 7.93. The molecule has 1 saturated heterocycles. The number of nitrogen functional groups attached to an aromatic ring is 1. The fourth-order valence-corrected chi connectivity index (χ4v) is 2.93. The molecule has 0 amide bonds. The van der Waals surface area contributed by atoms with Crippen LogP contribution in [-0.4, -0.2) is 55.0 Å². The highest BCUT2D eigenvalue weighted by Crippen LogP contribution is 2.11. The van der Waals surface area contributed by atoms with Crippen LogP contribution in [0.15, 0.2) is 18.3 Å². The minimum absolute atomic E-state index is 0.535. The van der Waals surface area contributed by atoms with Crippen molar-refractivity contribution in [1.82, 2.24) is 14.2 Å². The number of hydrazine groups is 1. The summed E-state index contributed by atoms with van der Waals surface area (Å²) in [5.41, 5.74) is 4.32. The van der Waals surface area contributed by atoms with E-state index in [1.54, 1.807) is 12.3 Å². The van der Waals surface area contributed by atoms with E-state index in [-0.39, 0.29) is 0 Å². The number of nitrogens with two attached hydrogens (primary N) is 1. The van der Waals surface area contributed by atoms with Gasteiger partial charge in [0.15, 0.2) is 0 Å². The maximum absolute atomic E-state index is 11.4. The number of piperazine rings is 1. The van der Waals surface area contributed by atoms with Crippen molar-refractivity contribution in [3.8, 4) is 0 Å². The number of hydrogen-bond donors (Lipinski definition) is 2. The molecule has 7 nitrogen and oxygen atoms in total. The molecule has 19 heavy (non-hydrogen) atoms. The third-order valence-electron chi connectivity index (χ3n) is 3.17. The zero-order valence-corrected chi connectivity index (χ0v) is 11.7. The van der Waals surface area contributed by atoms with Crippen LogP contribution in [0.1, 0.15) is 5.69 Å². The van der Waals surface area contributed by atoms with Crippen LogP contribution in [0.5, 0.6) is 0 Å². The van der Waals surface area contributed by atoms with Gasteiger partial charge in [-0.25, -0.2) is 8.42 Å². The summed E-state index contributed by atoms with van der Waals surface area (Å²) in [6.07, 6.45) is 2.96. The maximum Gasteiger partial charge on any atom is 0.211 e. The number of aromatic nitrogens is 1. The van der Waals surface area contributed by atoms with Gasteiger partial charge >= 0.3 is 0 Å². The summed E-state index contributed by atoms with van der Waals surface area (Å²) in [5, 5.41) is 0. The molecule has 0 atom stereocenters. The van der Waals surface area contributed by atoms with Crippen molar-refractivity contribution >= 4 is 15.7 Å². The number of nitrogens with zero attached hydrogens (tertiary/aromatic N) is 3. The van der Waals surface area contributed by atoms with Crippen molar-refractivity contribution in [2.24, 2.45) is 5.84 Å². The van der Waals surface area contributed by atoms with Gasteiger partial charge in [0.2, 0.25) is 10.0 Å². The summed E-state index contributed by atoms with van der Waals surface area (Å²) in [4.78, 5) is 6.46. The Morgan fingerprint density at radius 1 is 1.37 bits per heavy atom. The zero-order valence-electron chi connectivity index (χ0n) is 10.9. The van der Waals surface area contributed by atoms with Gasteiger partial charge in [-0.05, 0) is 12.1 Å². The summed E-state index contributed by atoms with van der Waals surface area (Å²) < 4.78 is 24.3. The summed E-state index contributed by atoms with van der Waals surface area (Å²) in [5.74, 6) is 5.35. The van der Waals surface area contributed by atoms with E-state index in [4.69, 9.17) is 5.84 Å². The minimum Gasteiger partial charge on any atom is -0.324 e. The van der Waals surface area contributed by atoms with E-state index < -0.39 is 10.0 Å². The largest absolute Gasteiger partial charge is 0.324 e. The number of nitrogens with one attached hydrogen (secondary N) is 1. The molecular formula is C11H19N5O2S. The molecule has 2 heterocycles. The number of rotatable bonds is 4. The summed E-state index contributed by atoms with van der Waals surface area (Å²) in [7, 11) is -3.07. The van der Waals surface area contributed by atoms with Gasteiger partial charge in [-0.1, -0.05) is 0 Å². The van der Waals surface area contributed by atoms with E-state index in [0.717, 1.165) is 24.5 Å². The lowest BCUT2D eigenvalue weighted by Crippen LogP contribution is -2.47. The van der Waals surface area contributed by atoms with Crippen LogP contribution < -0.4 is 11.3 Å². The molecule has 1 aliphatic rings. The van der Waals surface area contributed by atoms with Crippen LogP contribution in [0.3, 0.4) is 0 Å². The maximum atomic E-state index is 11.4. The third kappa shape index (κ3) is 3.87. The predicted octanol–water partition coefficient (Wildman–Crippen LogP) is -0.556. The number of sulfonamides is 1. The molecule has 2 rings (SSSR count). The monoisotopic (exact) mass is 285 g/mol. The second-order valence-corrected chi connectivity index (χ2v) is 6.60. The number of pyridine rings is 1. The molecule has 1 aliphatic heterocycles. The van der Waals surface area contributed by atoms with Crippen molar-refractivity contribution in [3.63, 3.8) is 0 Å². The Labute approximate surface area is 113 Å². The fourth-order valence-electron chi connectivity index (χ4n) is 2.10. The van der Waals surface area contributed by atoms with E-state index in [1.807, 2.05) is 6.07 Å². The predicted molar refractivity (Wildman–Crippen MR) is 73.7 cm³/mol. The SMILES string of the molecule is CS(=O)(=O)N1CCN(Cc2cc(NN)ccn2)CC1. The van der Waals surface area contributed by atoms with Crippen LogP contribution in [0.2, 0.25) is 0 Å². The normalized spacial score (nSPS) is 18.4. The smallest absolute Gasteiger partial charge is 0.211 e. The highest BCUT2D eigenvalue weighted by Gasteiger charge is 2.23. The molecule has 106 valence electrons. The molecule has 0 bridgehead atoms. The second-order valence-electron chi connectivity index (χ2n) is 4.62. The lowest BCUT2D eigenvalue weighted by molar-refractivity contribution is 0.180. The van der Waals surface area contributed by atoms with Crippen LogP contribution in [0.25, 0.3) is 0 Å². The highest BCUT2D eigenvalue weighted by atomic mass is 32.2. The van der Waals surface area contributed by atoms with Gasteiger partial charge < -0.3 is 5.43 Å². The molecule has 3 N–H and O–H groups in total. The standard InChI is InChI=1S/C11H19N5O2S/c1-19(17,18)16-6-4-15(5-7-16)9-11-8-10(14-12)2-3-13-11/h2-3,8H,4-7,9,12H2,1H3,(H,13,14). The Bertz CT molecular complexity index is 526. The Morgan fingerprint density at radius 2 is 2.05 bits per heavy atom. The molecule has 1 aromatic rings. The van der Waals surface area contributed by atoms with Crippen LogP contribution in [-0.2, 0) is 16.6 Å². The molecule has 1 fully saturated rings. The Hall–Kier alpha value is -1.22. The first kappa shape index (κ1) is 14.2. The van der Waals surface area contributed by atoms with Gasteiger partial charge in [0.25, 0.3) is 0 Å². The van der Waals surface area contributed by atoms with Gasteiger partial charge in [-0.3, -0.25) is 15.7 Å². The van der Waals surface area contributed by atoms with Crippen molar-refractivity contribution in [2.75, 3.05) is 37.9 Å². The fraction of sp³-hybridized carbons (Fsp3) is 0.545. The van der Waals surface area contributed by atoms with Gasteiger partial charge in [0.05, 0.1) is 17.6 Å². The van der Waals surface area contributed by atoms with E-state index in [9.17, 15) is 8.42 Å². The van der Waals surface area contributed by atoms with Gasteiger partial charge in [-0.2, -0.15) is 4.31 Å². The second kappa shape index (κ2) is 5.83. The van der Waals surface area contributed by atoms with Gasteiger partial charge in [0.1, 0.15) is 0 Å². The average Bonchev–Trinajstić information content (AvgIpc) is 2.38. The molecular weight excluding hydrogens is 266 g/mol. The number of anilines is 1. The Balaban J connectivity index is 1.92. The molecule has 0 aliphatic carbocycles. The van der Waals surface area contributed by atoms with Crippen LogP contribution in [0, 0.1) is 0 Å². The molecule has 1 aromatic heterocycles. The lowest BCUT2D eigenvalue weighted by atomic mass is 10.2. The topological polar surface area (TPSA) is 91.6 Å². The third-order valence-corrected chi connectivity index (χ3v) is 4.47. The van der Waals surface area contributed by atoms with Gasteiger partial charge in [0, 0.05) is 38.9 Å². The zero-order chi connectivity index (χ0) is 13.9. The summed E-state index contributed by atoms with van der Waals surface area (Å²) >= 11 is 0. The number of hydrogen-bond acceptors (Lipinski definition) is 6. The molecule has 0 aromatic carbocycles.